The van der Waals surface area contributed by atoms with Gasteiger partial charge in [0.15, 0.2) is 11.5 Å². The first-order valence-corrected chi connectivity index (χ1v) is 7.29. The predicted octanol–water partition coefficient (Wildman–Crippen LogP) is 0.859. The number of nitrogens with two attached hydrogens (primary N) is 1. The lowest BCUT2D eigenvalue weighted by atomic mass is 10.2. The van der Waals surface area contributed by atoms with Crippen LogP contribution < -0.4 is 11.2 Å². The Hall–Kier alpha value is -0.630. The first kappa shape index (κ1) is 15.4. The van der Waals surface area contributed by atoms with E-state index in [0.717, 1.165) is 30.6 Å². The summed E-state index contributed by atoms with van der Waals surface area (Å²) in [7, 11) is 1.70. The van der Waals surface area contributed by atoms with E-state index in [4.69, 9.17) is 10.6 Å². The highest BCUT2D eigenvalue weighted by atomic mass is 32.2. The largest absolute Gasteiger partial charge is 0.385 e. The fraction of sp³-hybridized carbons (Fsp3) is 0.818. The third-order valence-corrected chi connectivity index (χ3v) is 3.08. The average molecular weight is 273 g/mol. The van der Waals surface area contributed by atoms with E-state index in [1.165, 1.54) is 11.8 Å². The molecule has 1 heterocycles. The molecule has 0 amide bonds. The van der Waals surface area contributed by atoms with E-state index in [-0.39, 0.29) is 12.2 Å². The van der Waals surface area contributed by atoms with Crippen LogP contribution in [0.4, 0.5) is 0 Å². The molecule has 0 spiro atoms. The molecule has 0 aromatic rings. The summed E-state index contributed by atoms with van der Waals surface area (Å²) in [5, 5.41) is 5.67. The molecule has 3 N–H and O–H groups in total. The molecule has 0 aromatic carbocycles. The van der Waals surface area contributed by atoms with Crippen LogP contribution in [0.15, 0.2) is 9.98 Å². The SMILES string of the molecule is COCCCNC1N=C(SC)N=C(C(C)C)N1N. The number of thioether (sulfide) groups is 1. The molecule has 0 saturated carbocycles. The molecule has 1 unspecified atom stereocenters. The number of ether oxygens (including phenoxy) is 1. The summed E-state index contributed by atoms with van der Waals surface area (Å²) in [5.41, 5.74) is 0. The van der Waals surface area contributed by atoms with Crippen molar-refractivity contribution in [2.75, 3.05) is 26.5 Å². The van der Waals surface area contributed by atoms with E-state index >= 15 is 0 Å². The first-order valence-electron chi connectivity index (χ1n) is 6.06. The van der Waals surface area contributed by atoms with E-state index in [2.05, 4.69) is 29.1 Å². The number of nitrogens with one attached hydrogen (secondary N) is 1. The van der Waals surface area contributed by atoms with Crippen LogP contribution in [-0.2, 0) is 4.74 Å². The summed E-state index contributed by atoms with van der Waals surface area (Å²) in [6.07, 6.45) is 2.66. The second kappa shape index (κ2) is 7.73. The molecule has 0 saturated heterocycles. The van der Waals surface area contributed by atoms with E-state index < -0.39 is 0 Å². The summed E-state index contributed by atoms with van der Waals surface area (Å²) in [6, 6.07) is 0. The normalized spacial score (nSPS) is 20.1. The summed E-state index contributed by atoms with van der Waals surface area (Å²) < 4.78 is 5.01. The van der Waals surface area contributed by atoms with Crippen molar-refractivity contribution in [2.24, 2.45) is 21.7 Å². The molecule has 1 rings (SSSR count). The van der Waals surface area contributed by atoms with Crippen molar-refractivity contribution in [3.8, 4) is 0 Å². The van der Waals surface area contributed by atoms with Crippen molar-refractivity contribution in [1.82, 2.24) is 10.3 Å². The summed E-state index contributed by atoms with van der Waals surface area (Å²) in [6.45, 7) is 5.69. The minimum atomic E-state index is -0.237. The fourth-order valence-electron chi connectivity index (χ4n) is 1.59. The smallest absolute Gasteiger partial charge is 0.193 e. The van der Waals surface area contributed by atoms with Crippen molar-refractivity contribution in [1.29, 1.82) is 0 Å². The van der Waals surface area contributed by atoms with Gasteiger partial charge in [0.05, 0.1) is 0 Å². The van der Waals surface area contributed by atoms with Gasteiger partial charge in [-0.05, 0) is 12.7 Å². The molecule has 18 heavy (non-hydrogen) atoms. The molecule has 1 aliphatic heterocycles. The maximum absolute atomic E-state index is 6.05. The van der Waals surface area contributed by atoms with Gasteiger partial charge in [0.25, 0.3) is 0 Å². The molecule has 0 fully saturated rings. The Bertz CT molecular complexity index is 319. The topological polar surface area (TPSA) is 75.2 Å². The molecule has 6 nitrogen and oxygen atoms in total. The quantitative estimate of drug-likeness (QED) is 0.554. The highest BCUT2D eigenvalue weighted by molar-refractivity contribution is 8.13. The Morgan fingerprint density at radius 3 is 2.83 bits per heavy atom. The minimum absolute atomic E-state index is 0.237. The Morgan fingerprint density at radius 1 is 1.56 bits per heavy atom. The zero-order valence-corrected chi connectivity index (χ0v) is 12.3. The number of hydrazine groups is 1. The molecule has 1 aliphatic rings. The number of nitrogens with zero attached hydrogens (tertiary/aromatic N) is 3. The first-order chi connectivity index (χ1) is 8.60. The van der Waals surface area contributed by atoms with E-state index in [1.807, 2.05) is 6.26 Å². The van der Waals surface area contributed by atoms with Crippen molar-refractivity contribution < 1.29 is 4.74 Å². The number of rotatable bonds is 6. The predicted molar refractivity (Wildman–Crippen MR) is 77.5 cm³/mol. The molecule has 0 aliphatic carbocycles. The monoisotopic (exact) mass is 273 g/mol. The zero-order valence-electron chi connectivity index (χ0n) is 11.5. The Morgan fingerprint density at radius 2 is 2.28 bits per heavy atom. The van der Waals surface area contributed by atoms with E-state index in [0.29, 0.717) is 0 Å². The van der Waals surface area contributed by atoms with Gasteiger partial charge in [-0.25, -0.2) is 15.8 Å². The summed E-state index contributed by atoms with van der Waals surface area (Å²) in [4.78, 5) is 8.89. The van der Waals surface area contributed by atoms with Crippen LogP contribution in [0, 0.1) is 5.92 Å². The highest BCUT2D eigenvalue weighted by Gasteiger charge is 2.25. The lowest BCUT2D eigenvalue weighted by Gasteiger charge is -2.32. The van der Waals surface area contributed by atoms with Crippen LogP contribution in [0.5, 0.6) is 0 Å². The van der Waals surface area contributed by atoms with Crippen molar-refractivity contribution in [3.63, 3.8) is 0 Å². The van der Waals surface area contributed by atoms with Gasteiger partial charge in [-0.1, -0.05) is 25.6 Å². The standard InChI is InChI=1S/C11H23N5OS/c1-8(2)9-14-11(18-4)15-10(16(9)12)13-6-5-7-17-3/h8,10,13H,5-7,12H2,1-4H3. The molecule has 0 radical (unpaired) electrons. The number of hydrogen-bond acceptors (Lipinski definition) is 7. The molecular formula is C11H23N5OS. The van der Waals surface area contributed by atoms with Gasteiger partial charge in [0.1, 0.15) is 5.84 Å². The third kappa shape index (κ3) is 4.24. The Kier molecular flexibility index (Phi) is 6.62. The second-order valence-corrected chi connectivity index (χ2v) is 5.10. The Balaban J connectivity index is 2.62. The maximum atomic E-state index is 6.05. The fourth-order valence-corrected chi connectivity index (χ4v) is 1.98. The summed E-state index contributed by atoms with van der Waals surface area (Å²) >= 11 is 1.53. The van der Waals surface area contributed by atoms with Gasteiger partial charge >= 0.3 is 0 Å². The number of hydrogen-bond donors (Lipinski definition) is 2. The number of amidine groups is 2. The lowest BCUT2D eigenvalue weighted by molar-refractivity contribution is 0.187. The van der Waals surface area contributed by atoms with Crippen molar-refractivity contribution in [2.45, 2.75) is 26.6 Å². The van der Waals surface area contributed by atoms with E-state index in [9.17, 15) is 0 Å². The van der Waals surface area contributed by atoms with Crippen LogP contribution in [0.1, 0.15) is 20.3 Å². The van der Waals surface area contributed by atoms with Gasteiger partial charge in [0, 0.05) is 26.2 Å². The summed E-state index contributed by atoms with van der Waals surface area (Å²) in [5.74, 6) is 7.18. The van der Waals surface area contributed by atoms with Gasteiger partial charge in [-0.2, -0.15) is 0 Å². The van der Waals surface area contributed by atoms with Gasteiger partial charge < -0.3 is 4.74 Å². The minimum Gasteiger partial charge on any atom is -0.385 e. The number of methoxy groups -OCH3 is 1. The zero-order chi connectivity index (χ0) is 13.5. The molecule has 0 bridgehead atoms. The van der Waals surface area contributed by atoms with Crippen molar-refractivity contribution >= 4 is 22.8 Å². The molecule has 1 atom stereocenters. The van der Waals surface area contributed by atoms with Crippen molar-refractivity contribution in [3.05, 3.63) is 0 Å². The van der Waals surface area contributed by atoms with E-state index in [1.54, 1.807) is 12.1 Å². The van der Waals surface area contributed by atoms with Crippen LogP contribution >= 0.6 is 11.8 Å². The lowest BCUT2D eigenvalue weighted by Crippen LogP contribution is -2.55. The highest BCUT2D eigenvalue weighted by Crippen LogP contribution is 2.14. The van der Waals surface area contributed by atoms with Crippen LogP contribution in [-0.4, -0.2) is 48.8 Å². The van der Waals surface area contributed by atoms with Crippen LogP contribution in [0.3, 0.4) is 0 Å². The molecular weight excluding hydrogens is 250 g/mol. The number of aliphatic imine (C=N–C) groups is 2. The molecule has 7 heteroatoms. The third-order valence-electron chi connectivity index (χ3n) is 2.52. The van der Waals surface area contributed by atoms with Crippen LogP contribution in [0.2, 0.25) is 0 Å². The molecule has 0 aromatic heterocycles. The van der Waals surface area contributed by atoms with Gasteiger partial charge in [-0.3, -0.25) is 10.3 Å². The molecule has 104 valence electrons. The van der Waals surface area contributed by atoms with Crippen LogP contribution in [0.25, 0.3) is 0 Å². The average Bonchev–Trinajstić information content (AvgIpc) is 2.36. The van der Waals surface area contributed by atoms with Gasteiger partial charge in [-0.15, -0.1) is 0 Å². The second-order valence-electron chi connectivity index (χ2n) is 4.32. The maximum Gasteiger partial charge on any atom is 0.193 e. The Labute approximate surface area is 113 Å². The van der Waals surface area contributed by atoms with Gasteiger partial charge in [0.2, 0.25) is 0 Å².